The number of rotatable bonds is 7. The van der Waals surface area contributed by atoms with Gasteiger partial charge in [-0.05, 0) is 44.5 Å². The van der Waals surface area contributed by atoms with Crippen molar-refractivity contribution in [1.29, 1.82) is 0 Å². The molecule has 0 aliphatic heterocycles. The van der Waals surface area contributed by atoms with E-state index in [4.69, 9.17) is 0 Å². The van der Waals surface area contributed by atoms with E-state index in [2.05, 4.69) is 5.32 Å². The van der Waals surface area contributed by atoms with E-state index in [9.17, 15) is 8.42 Å². The molecule has 0 saturated carbocycles. The highest BCUT2D eigenvalue weighted by Crippen LogP contribution is 2.20. The van der Waals surface area contributed by atoms with E-state index in [1.165, 1.54) is 0 Å². The number of nitrogens with zero attached hydrogens (tertiary/aromatic N) is 1. The van der Waals surface area contributed by atoms with E-state index in [0.717, 1.165) is 12.1 Å². The largest absolute Gasteiger partial charge is 0.316 e. The zero-order valence-corrected chi connectivity index (χ0v) is 13.9. The second-order valence-electron chi connectivity index (χ2n) is 5.74. The van der Waals surface area contributed by atoms with E-state index in [1.54, 1.807) is 16.4 Å². The molecule has 5 heteroatoms. The molecule has 0 heterocycles. The van der Waals surface area contributed by atoms with Crippen molar-refractivity contribution < 1.29 is 8.42 Å². The van der Waals surface area contributed by atoms with Gasteiger partial charge in [-0.15, -0.1) is 0 Å². The number of benzene rings is 1. The molecule has 1 N–H and O–H groups in total. The van der Waals surface area contributed by atoms with Crippen LogP contribution in [0.4, 0.5) is 0 Å². The van der Waals surface area contributed by atoms with Crippen LogP contribution in [0.2, 0.25) is 0 Å². The molecule has 0 atom stereocenters. The summed E-state index contributed by atoms with van der Waals surface area (Å²) in [5, 5.41) is 3.05. The van der Waals surface area contributed by atoms with Crippen LogP contribution in [-0.2, 0) is 16.6 Å². The number of nitrogens with one attached hydrogen (secondary N) is 1. The SMILES string of the molecule is CNCc1ccc(S(=O)(=O)N(CC(C)C)C(C)C)cc1. The van der Waals surface area contributed by atoms with Crippen LogP contribution in [0, 0.1) is 5.92 Å². The molecular formula is C15H26N2O2S. The average molecular weight is 298 g/mol. The molecule has 0 amide bonds. The summed E-state index contributed by atoms with van der Waals surface area (Å²) in [4.78, 5) is 0.367. The smallest absolute Gasteiger partial charge is 0.243 e. The topological polar surface area (TPSA) is 49.4 Å². The summed E-state index contributed by atoms with van der Waals surface area (Å²) in [7, 11) is -1.55. The van der Waals surface area contributed by atoms with E-state index in [1.807, 2.05) is 46.9 Å². The zero-order chi connectivity index (χ0) is 15.3. The van der Waals surface area contributed by atoms with E-state index >= 15 is 0 Å². The van der Waals surface area contributed by atoms with Crippen molar-refractivity contribution >= 4 is 10.0 Å². The molecule has 0 unspecified atom stereocenters. The molecule has 0 spiro atoms. The van der Waals surface area contributed by atoms with Gasteiger partial charge < -0.3 is 5.32 Å². The van der Waals surface area contributed by atoms with Gasteiger partial charge in [-0.25, -0.2) is 8.42 Å². The van der Waals surface area contributed by atoms with Crippen molar-refractivity contribution in [2.75, 3.05) is 13.6 Å². The first-order valence-electron chi connectivity index (χ1n) is 7.04. The lowest BCUT2D eigenvalue weighted by molar-refractivity contribution is 0.319. The molecule has 0 aromatic heterocycles. The van der Waals surface area contributed by atoms with E-state index in [0.29, 0.717) is 17.4 Å². The zero-order valence-electron chi connectivity index (χ0n) is 13.1. The van der Waals surface area contributed by atoms with Gasteiger partial charge in [0.05, 0.1) is 4.90 Å². The van der Waals surface area contributed by atoms with Gasteiger partial charge in [0.25, 0.3) is 0 Å². The summed E-state index contributed by atoms with van der Waals surface area (Å²) in [6.45, 7) is 9.16. The maximum atomic E-state index is 12.7. The Morgan fingerprint density at radius 2 is 1.65 bits per heavy atom. The molecule has 1 aromatic carbocycles. The summed E-state index contributed by atoms with van der Waals surface area (Å²) in [6.07, 6.45) is 0. The monoisotopic (exact) mass is 298 g/mol. The maximum Gasteiger partial charge on any atom is 0.243 e. The molecule has 0 bridgehead atoms. The first-order chi connectivity index (χ1) is 9.28. The summed E-state index contributed by atoms with van der Waals surface area (Å²) >= 11 is 0. The minimum Gasteiger partial charge on any atom is -0.316 e. The third-order valence-electron chi connectivity index (χ3n) is 3.03. The van der Waals surface area contributed by atoms with E-state index < -0.39 is 10.0 Å². The van der Waals surface area contributed by atoms with Crippen molar-refractivity contribution in [2.45, 2.75) is 45.2 Å². The van der Waals surface area contributed by atoms with Crippen LogP contribution in [0.25, 0.3) is 0 Å². The van der Waals surface area contributed by atoms with Gasteiger partial charge in [-0.3, -0.25) is 0 Å². The molecule has 0 fully saturated rings. The molecule has 1 aromatic rings. The number of hydrogen-bond donors (Lipinski definition) is 1. The predicted molar refractivity (Wildman–Crippen MR) is 83.1 cm³/mol. The Labute approximate surface area is 123 Å². The Morgan fingerprint density at radius 1 is 1.10 bits per heavy atom. The average Bonchev–Trinajstić information content (AvgIpc) is 2.36. The van der Waals surface area contributed by atoms with Crippen LogP contribution >= 0.6 is 0 Å². The van der Waals surface area contributed by atoms with Gasteiger partial charge >= 0.3 is 0 Å². The lowest BCUT2D eigenvalue weighted by Gasteiger charge is -2.27. The van der Waals surface area contributed by atoms with Crippen LogP contribution in [0.5, 0.6) is 0 Å². The van der Waals surface area contributed by atoms with Crippen LogP contribution in [-0.4, -0.2) is 32.4 Å². The molecule has 0 aliphatic carbocycles. The third-order valence-corrected chi connectivity index (χ3v) is 5.09. The second-order valence-corrected chi connectivity index (χ2v) is 7.63. The fraction of sp³-hybridized carbons (Fsp3) is 0.600. The minimum absolute atomic E-state index is 0.0422. The van der Waals surface area contributed by atoms with Gasteiger partial charge in [0.1, 0.15) is 0 Å². The fourth-order valence-electron chi connectivity index (χ4n) is 2.07. The van der Waals surface area contributed by atoms with Gasteiger partial charge in [0, 0.05) is 19.1 Å². The van der Waals surface area contributed by atoms with Crippen molar-refractivity contribution in [3.05, 3.63) is 29.8 Å². The molecule has 1 rings (SSSR count). The lowest BCUT2D eigenvalue weighted by atomic mass is 10.2. The first kappa shape index (κ1) is 17.1. The standard InChI is InChI=1S/C15H26N2O2S/c1-12(2)11-17(13(3)4)20(18,19)15-8-6-14(7-9-15)10-16-5/h6-9,12-13,16H,10-11H2,1-5H3. The van der Waals surface area contributed by atoms with Crippen molar-refractivity contribution in [3.8, 4) is 0 Å². The van der Waals surface area contributed by atoms with Crippen LogP contribution in [0.1, 0.15) is 33.3 Å². The lowest BCUT2D eigenvalue weighted by Crippen LogP contribution is -2.39. The molecular weight excluding hydrogens is 272 g/mol. The minimum atomic E-state index is -3.41. The van der Waals surface area contributed by atoms with Gasteiger partial charge in [-0.2, -0.15) is 4.31 Å². The van der Waals surface area contributed by atoms with Crippen LogP contribution in [0.15, 0.2) is 29.2 Å². The van der Waals surface area contributed by atoms with E-state index in [-0.39, 0.29) is 6.04 Å². The predicted octanol–water partition coefficient (Wildman–Crippen LogP) is 2.46. The third kappa shape index (κ3) is 4.30. The first-order valence-corrected chi connectivity index (χ1v) is 8.48. The summed E-state index contributed by atoms with van der Waals surface area (Å²) in [5.74, 6) is 0.302. The Morgan fingerprint density at radius 3 is 2.05 bits per heavy atom. The summed E-state index contributed by atoms with van der Waals surface area (Å²) in [5.41, 5.74) is 1.08. The highest BCUT2D eigenvalue weighted by Gasteiger charge is 2.27. The van der Waals surface area contributed by atoms with Crippen LogP contribution < -0.4 is 5.32 Å². The fourth-order valence-corrected chi connectivity index (χ4v) is 3.87. The normalized spacial score (nSPS) is 12.6. The molecule has 114 valence electrons. The molecule has 0 aliphatic rings. The van der Waals surface area contributed by atoms with Crippen molar-refractivity contribution in [1.82, 2.24) is 9.62 Å². The Bertz CT molecular complexity index is 507. The molecule has 4 nitrogen and oxygen atoms in total. The van der Waals surface area contributed by atoms with Crippen LogP contribution in [0.3, 0.4) is 0 Å². The van der Waals surface area contributed by atoms with Crippen molar-refractivity contribution in [3.63, 3.8) is 0 Å². The molecule has 0 saturated heterocycles. The van der Waals surface area contributed by atoms with Gasteiger partial charge in [-0.1, -0.05) is 26.0 Å². The summed E-state index contributed by atoms with van der Waals surface area (Å²) in [6, 6.07) is 7.06. The Hall–Kier alpha value is -0.910. The Kier molecular flexibility index (Phi) is 6.17. The van der Waals surface area contributed by atoms with Gasteiger partial charge in [0.15, 0.2) is 0 Å². The molecule has 0 radical (unpaired) electrons. The Balaban J connectivity index is 3.06. The maximum absolute atomic E-state index is 12.7. The molecule has 20 heavy (non-hydrogen) atoms. The van der Waals surface area contributed by atoms with Gasteiger partial charge in [0.2, 0.25) is 10.0 Å². The highest BCUT2D eigenvalue weighted by molar-refractivity contribution is 7.89. The summed E-state index contributed by atoms with van der Waals surface area (Å²) < 4.78 is 27.0. The number of hydrogen-bond acceptors (Lipinski definition) is 3. The highest BCUT2D eigenvalue weighted by atomic mass is 32.2. The van der Waals surface area contributed by atoms with Crippen molar-refractivity contribution in [2.24, 2.45) is 5.92 Å². The quantitative estimate of drug-likeness (QED) is 0.841. The number of sulfonamides is 1. The second kappa shape index (κ2) is 7.20.